The van der Waals surface area contributed by atoms with Crippen LogP contribution in [0, 0.1) is 24.4 Å². The van der Waals surface area contributed by atoms with E-state index >= 15 is 0 Å². The zero-order valence-electron chi connectivity index (χ0n) is 11.9. The van der Waals surface area contributed by atoms with Gasteiger partial charge in [-0.2, -0.15) is 0 Å². The first-order valence-electron chi connectivity index (χ1n) is 6.87. The lowest BCUT2D eigenvalue weighted by Crippen LogP contribution is -1.94. The van der Waals surface area contributed by atoms with Crippen LogP contribution in [-0.2, 0) is 0 Å². The number of rotatable bonds is 2. The molecule has 0 N–H and O–H groups in total. The molecule has 0 unspecified atom stereocenters. The van der Waals surface area contributed by atoms with Crippen LogP contribution in [-0.4, -0.2) is 0 Å². The molecule has 0 saturated heterocycles. The number of halogens is 3. The third kappa shape index (κ3) is 2.62. The van der Waals surface area contributed by atoms with Crippen LogP contribution in [0.5, 0.6) is 0 Å². The molecule has 3 heteroatoms. The highest BCUT2D eigenvalue weighted by atomic mass is 19.2. The normalized spacial score (nSPS) is 10.7. The van der Waals surface area contributed by atoms with E-state index in [-0.39, 0.29) is 11.1 Å². The van der Waals surface area contributed by atoms with Gasteiger partial charge < -0.3 is 0 Å². The van der Waals surface area contributed by atoms with E-state index in [1.807, 2.05) is 19.1 Å². The van der Waals surface area contributed by atoms with Gasteiger partial charge in [-0.1, -0.05) is 54.1 Å². The molecule has 110 valence electrons. The smallest absolute Gasteiger partial charge is 0.167 e. The van der Waals surface area contributed by atoms with Gasteiger partial charge in [-0.25, -0.2) is 13.2 Å². The minimum absolute atomic E-state index is 0.0489. The molecule has 0 aromatic heterocycles. The summed E-state index contributed by atoms with van der Waals surface area (Å²) >= 11 is 0. The Labute approximate surface area is 126 Å². The second-order valence-corrected chi connectivity index (χ2v) is 5.17. The Morgan fingerprint density at radius 1 is 0.636 bits per heavy atom. The van der Waals surface area contributed by atoms with Crippen molar-refractivity contribution >= 4 is 0 Å². The van der Waals surface area contributed by atoms with Crippen LogP contribution in [0.4, 0.5) is 13.2 Å². The van der Waals surface area contributed by atoms with E-state index in [2.05, 4.69) is 0 Å². The molecule has 3 aromatic rings. The zero-order valence-corrected chi connectivity index (χ0v) is 11.9. The molecule has 0 bridgehead atoms. The fourth-order valence-corrected chi connectivity index (χ4v) is 2.38. The Kier molecular flexibility index (Phi) is 3.72. The summed E-state index contributed by atoms with van der Waals surface area (Å²) in [4.78, 5) is 0. The molecule has 0 atom stereocenters. The molecule has 22 heavy (non-hydrogen) atoms. The van der Waals surface area contributed by atoms with Crippen LogP contribution in [0.3, 0.4) is 0 Å². The molecule has 0 spiro atoms. The molecule has 0 aliphatic heterocycles. The van der Waals surface area contributed by atoms with Crippen molar-refractivity contribution < 1.29 is 13.2 Å². The molecular weight excluding hydrogens is 285 g/mol. The third-order valence-electron chi connectivity index (χ3n) is 3.58. The zero-order chi connectivity index (χ0) is 15.7. The molecule has 3 rings (SSSR count). The second-order valence-electron chi connectivity index (χ2n) is 5.17. The van der Waals surface area contributed by atoms with Crippen LogP contribution in [0.2, 0.25) is 0 Å². The standard InChI is InChI=1S/C19H13F3/c1-12-5-7-13(8-6-12)16-9-10-17(19(22)18(16)21)14-3-2-4-15(20)11-14/h2-11H,1H3. The van der Waals surface area contributed by atoms with E-state index in [4.69, 9.17) is 0 Å². The van der Waals surface area contributed by atoms with Crippen molar-refractivity contribution in [3.63, 3.8) is 0 Å². The largest absolute Gasteiger partial charge is 0.207 e. The summed E-state index contributed by atoms with van der Waals surface area (Å²) in [7, 11) is 0. The van der Waals surface area contributed by atoms with Crippen molar-refractivity contribution in [3.8, 4) is 22.3 Å². The van der Waals surface area contributed by atoms with Crippen LogP contribution in [0.15, 0.2) is 60.7 Å². The maximum absolute atomic E-state index is 14.4. The van der Waals surface area contributed by atoms with Gasteiger partial charge in [-0.15, -0.1) is 0 Å². The van der Waals surface area contributed by atoms with Crippen molar-refractivity contribution in [3.05, 3.63) is 83.7 Å². The number of hydrogen-bond acceptors (Lipinski definition) is 0. The van der Waals surface area contributed by atoms with Crippen LogP contribution in [0.25, 0.3) is 22.3 Å². The Morgan fingerprint density at radius 3 is 1.82 bits per heavy atom. The van der Waals surface area contributed by atoms with Crippen LogP contribution < -0.4 is 0 Å². The van der Waals surface area contributed by atoms with Gasteiger partial charge in [0.15, 0.2) is 11.6 Å². The molecular formula is C19H13F3. The monoisotopic (exact) mass is 298 g/mol. The molecule has 0 saturated carbocycles. The summed E-state index contributed by atoms with van der Waals surface area (Å²) in [5, 5.41) is 0. The summed E-state index contributed by atoms with van der Waals surface area (Å²) < 4.78 is 42.0. The average Bonchev–Trinajstić information content (AvgIpc) is 2.51. The van der Waals surface area contributed by atoms with Crippen molar-refractivity contribution in [2.45, 2.75) is 6.92 Å². The van der Waals surface area contributed by atoms with Gasteiger partial charge in [0.1, 0.15) is 5.82 Å². The fourth-order valence-electron chi connectivity index (χ4n) is 2.38. The molecule has 0 radical (unpaired) electrons. The number of benzene rings is 3. The lowest BCUT2D eigenvalue weighted by atomic mass is 9.98. The van der Waals surface area contributed by atoms with E-state index in [0.29, 0.717) is 11.1 Å². The summed E-state index contributed by atoms with van der Waals surface area (Å²) in [6.45, 7) is 1.92. The fraction of sp³-hybridized carbons (Fsp3) is 0.0526. The van der Waals surface area contributed by atoms with Gasteiger partial charge >= 0.3 is 0 Å². The Balaban J connectivity index is 2.11. The predicted octanol–water partition coefficient (Wildman–Crippen LogP) is 5.75. The van der Waals surface area contributed by atoms with E-state index in [1.165, 1.54) is 30.3 Å². The maximum atomic E-state index is 14.4. The van der Waals surface area contributed by atoms with Crippen molar-refractivity contribution in [2.24, 2.45) is 0 Å². The summed E-state index contributed by atoms with van der Waals surface area (Å²) in [6, 6.07) is 15.6. The number of hydrogen-bond donors (Lipinski definition) is 0. The molecule has 0 fully saturated rings. The molecule has 0 heterocycles. The highest BCUT2D eigenvalue weighted by Gasteiger charge is 2.16. The first kappa shape index (κ1) is 14.4. The molecule has 0 aliphatic rings. The highest BCUT2D eigenvalue weighted by Crippen LogP contribution is 2.31. The lowest BCUT2D eigenvalue weighted by molar-refractivity contribution is 0.513. The summed E-state index contributed by atoms with van der Waals surface area (Å²) in [5.41, 5.74) is 2.20. The van der Waals surface area contributed by atoms with Gasteiger partial charge in [0.2, 0.25) is 0 Å². The van der Waals surface area contributed by atoms with Gasteiger partial charge in [-0.3, -0.25) is 0 Å². The maximum Gasteiger partial charge on any atom is 0.167 e. The van der Waals surface area contributed by atoms with Crippen LogP contribution >= 0.6 is 0 Å². The predicted molar refractivity (Wildman–Crippen MR) is 81.9 cm³/mol. The first-order chi connectivity index (χ1) is 10.6. The topological polar surface area (TPSA) is 0 Å². The molecule has 0 nitrogen and oxygen atoms in total. The van der Waals surface area contributed by atoms with E-state index < -0.39 is 17.5 Å². The Hall–Kier alpha value is -2.55. The number of aryl methyl sites for hydroxylation is 1. The highest BCUT2D eigenvalue weighted by molar-refractivity contribution is 5.71. The van der Waals surface area contributed by atoms with E-state index in [9.17, 15) is 13.2 Å². The first-order valence-corrected chi connectivity index (χ1v) is 6.87. The molecule has 3 aromatic carbocycles. The Bertz CT molecular complexity index is 821. The van der Waals surface area contributed by atoms with Crippen molar-refractivity contribution in [1.29, 1.82) is 0 Å². The Morgan fingerprint density at radius 2 is 1.23 bits per heavy atom. The SMILES string of the molecule is Cc1ccc(-c2ccc(-c3cccc(F)c3)c(F)c2F)cc1. The van der Waals surface area contributed by atoms with Crippen LogP contribution in [0.1, 0.15) is 5.56 Å². The van der Waals surface area contributed by atoms with Gasteiger partial charge in [-0.05, 0) is 30.2 Å². The van der Waals surface area contributed by atoms with Gasteiger partial charge in [0, 0.05) is 11.1 Å². The average molecular weight is 298 g/mol. The van der Waals surface area contributed by atoms with Gasteiger partial charge in [0.25, 0.3) is 0 Å². The van der Waals surface area contributed by atoms with E-state index in [1.54, 1.807) is 18.2 Å². The van der Waals surface area contributed by atoms with E-state index in [0.717, 1.165) is 5.56 Å². The third-order valence-corrected chi connectivity index (χ3v) is 3.58. The molecule has 0 aliphatic carbocycles. The quantitative estimate of drug-likeness (QED) is 0.565. The summed E-state index contributed by atoms with van der Waals surface area (Å²) in [5.74, 6) is -2.38. The lowest BCUT2D eigenvalue weighted by Gasteiger charge is -2.09. The van der Waals surface area contributed by atoms with Crippen molar-refractivity contribution in [1.82, 2.24) is 0 Å². The molecule has 0 amide bonds. The van der Waals surface area contributed by atoms with Gasteiger partial charge in [0.05, 0.1) is 0 Å². The minimum atomic E-state index is -0.969. The second kappa shape index (κ2) is 5.68. The van der Waals surface area contributed by atoms with Crippen molar-refractivity contribution in [2.75, 3.05) is 0 Å². The summed E-state index contributed by atoms with van der Waals surface area (Å²) in [6.07, 6.45) is 0. The minimum Gasteiger partial charge on any atom is -0.207 e.